The third kappa shape index (κ3) is 4.48. The number of amides is 1. The quantitative estimate of drug-likeness (QED) is 0.625. The van der Waals surface area contributed by atoms with Gasteiger partial charge in [-0.1, -0.05) is 18.3 Å². The molecular formula is C21H25N5O4S. The number of hydrogen-bond donors (Lipinski definition) is 1. The van der Waals surface area contributed by atoms with Crippen LogP contribution in [-0.2, 0) is 11.3 Å². The second-order valence-electron chi connectivity index (χ2n) is 7.63. The molecule has 3 aromatic rings. The molecule has 1 aliphatic heterocycles. The van der Waals surface area contributed by atoms with Crippen LogP contribution in [0, 0.1) is 5.92 Å². The summed E-state index contributed by atoms with van der Waals surface area (Å²) < 4.78 is 12.2. The van der Waals surface area contributed by atoms with Gasteiger partial charge in [0.05, 0.1) is 19.9 Å². The number of anilines is 2. The van der Waals surface area contributed by atoms with Gasteiger partial charge in [-0.05, 0) is 30.9 Å². The molecule has 1 fully saturated rings. The number of fused-ring (bicyclic) bond motifs is 1. The number of methoxy groups -OCH3 is 2. The first-order valence-electron chi connectivity index (χ1n) is 10.1. The number of benzene rings is 1. The van der Waals surface area contributed by atoms with Gasteiger partial charge in [0.15, 0.2) is 10.8 Å². The van der Waals surface area contributed by atoms with E-state index in [0.717, 1.165) is 24.6 Å². The molecule has 0 radical (unpaired) electrons. The number of ether oxygens (including phenoxy) is 2. The van der Waals surface area contributed by atoms with Gasteiger partial charge in [0, 0.05) is 19.2 Å². The van der Waals surface area contributed by atoms with E-state index in [1.807, 2.05) is 0 Å². The third-order valence-electron chi connectivity index (χ3n) is 5.30. The summed E-state index contributed by atoms with van der Waals surface area (Å²) >= 11 is 1.34. The number of rotatable bonds is 6. The SMILES string of the molecule is COc1ccc(NC(=O)Cn2cnc3nc(N4CCCC(C)C4)sc3c2=O)c(OC)c1. The molecule has 1 aliphatic rings. The van der Waals surface area contributed by atoms with Gasteiger partial charge in [0.1, 0.15) is 29.1 Å². The van der Waals surface area contributed by atoms with Gasteiger partial charge >= 0.3 is 0 Å². The van der Waals surface area contributed by atoms with Crippen molar-refractivity contribution in [3.8, 4) is 11.5 Å². The Labute approximate surface area is 183 Å². The van der Waals surface area contributed by atoms with Crippen molar-refractivity contribution in [1.82, 2.24) is 14.5 Å². The molecule has 4 rings (SSSR count). The van der Waals surface area contributed by atoms with Crippen LogP contribution in [0.15, 0.2) is 29.3 Å². The number of piperidine rings is 1. The minimum atomic E-state index is -0.360. The third-order valence-corrected chi connectivity index (χ3v) is 6.39. The summed E-state index contributed by atoms with van der Waals surface area (Å²) in [5.41, 5.74) is 0.655. The van der Waals surface area contributed by atoms with Gasteiger partial charge in [0.2, 0.25) is 5.91 Å². The van der Waals surface area contributed by atoms with Crippen molar-refractivity contribution in [2.45, 2.75) is 26.3 Å². The maximum atomic E-state index is 12.9. The molecular weight excluding hydrogens is 418 g/mol. The Kier molecular flexibility index (Phi) is 6.08. The second kappa shape index (κ2) is 8.93. The molecule has 9 nitrogen and oxygen atoms in total. The predicted molar refractivity (Wildman–Crippen MR) is 120 cm³/mol. The van der Waals surface area contributed by atoms with Gasteiger partial charge in [-0.3, -0.25) is 14.2 Å². The van der Waals surface area contributed by atoms with E-state index >= 15 is 0 Å². The minimum Gasteiger partial charge on any atom is -0.497 e. The van der Waals surface area contributed by atoms with Gasteiger partial charge in [-0.25, -0.2) is 4.98 Å². The van der Waals surface area contributed by atoms with Crippen molar-refractivity contribution in [3.63, 3.8) is 0 Å². The number of aromatic nitrogens is 3. The summed E-state index contributed by atoms with van der Waals surface area (Å²) in [6.45, 7) is 3.93. The smallest absolute Gasteiger partial charge is 0.273 e. The molecule has 0 bridgehead atoms. The van der Waals surface area contributed by atoms with Crippen molar-refractivity contribution in [2.24, 2.45) is 5.92 Å². The van der Waals surface area contributed by atoms with Crippen LogP contribution in [0.1, 0.15) is 19.8 Å². The number of hydrogen-bond acceptors (Lipinski definition) is 8. The predicted octanol–water partition coefficient (Wildman–Crippen LogP) is 2.75. The summed E-state index contributed by atoms with van der Waals surface area (Å²) in [6.07, 6.45) is 3.70. The first-order valence-corrected chi connectivity index (χ1v) is 10.9. The summed E-state index contributed by atoms with van der Waals surface area (Å²) in [6, 6.07) is 5.09. The van der Waals surface area contributed by atoms with Crippen LogP contribution in [0.4, 0.5) is 10.8 Å². The van der Waals surface area contributed by atoms with Crippen molar-refractivity contribution in [1.29, 1.82) is 0 Å². The molecule has 0 aliphatic carbocycles. The van der Waals surface area contributed by atoms with Crippen LogP contribution in [0.25, 0.3) is 10.3 Å². The molecule has 164 valence electrons. The van der Waals surface area contributed by atoms with Crippen LogP contribution < -0.4 is 25.2 Å². The zero-order valence-electron chi connectivity index (χ0n) is 17.8. The zero-order valence-corrected chi connectivity index (χ0v) is 18.6. The highest BCUT2D eigenvalue weighted by Crippen LogP contribution is 2.30. The van der Waals surface area contributed by atoms with Gasteiger partial charge in [0.25, 0.3) is 5.56 Å². The molecule has 1 amide bonds. The lowest BCUT2D eigenvalue weighted by Crippen LogP contribution is -2.34. The fourth-order valence-corrected chi connectivity index (χ4v) is 4.70. The molecule has 1 N–H and O–H groups in total. The first kappa shape index (κ1) is 21.1. The zero-order chi connectivity index (χ0) is 22.0. The Hall–Kier alpha value is -3.14. The lowest BCUT2D eigenvalue weighted by Gasteiger charge is -2.30. The molecule has 1 saturated heterocycles. The Morgan fingerprint density at radius 2 is 2.16 bits per heavy atom. The topological polar surface area (TPSA) is 98.6 Å². The number of thiazole rings is 1. The standard InChI is InChI=1S/C21H25N5O4S/c1-13-5-4-8-25(10-13)21-24-19-18(31-21)20(28)26(12-22-19)11-17(27)23-15-7-6-14(29-2)9-16(15)30-3/h6-7,9,12-13H,4-5,8,10-11H2,1-3H3,(H,23,27). The molecule has 1 aromatic carbocycles. The van der Waals surface area contributed by atoms with E-state index in [1.165, 1.54) is 35.8 Å². The number of carbonyl (C=O) groups is 1. The van der Waals surface area contributed by atoms with E-state index in [2.05, 4.69) is 27.1 Å². The van der Waals surface area contributed by atoms with E-state index in [9.17, 15) is 9.59 Å². The molecule has 10 heteroatoms. The number of carbonyl (C=O) groups excluding carboxylic acids is 1. The van der Waals surface area contributed by atoms with E-state index < -0.39 is 0 Å². The second-order valence-corrected chi connectivity index (χ2v) is 8.61. The summed E-state index contributed by atoms with van der Waals surface area (Å²) in [5, 5.41) is 3.59. The Morgan fingerprint density at radius 3 is 2.90 bits per heavy atom. The monoisotopic (exact) mass is 443 g/mol. The van der Waals surface area contributed by atoms with Crippen LogP contribution in [-0.4, -0.2) is 47.8 Å². The highest BCUT2D eigenvalue weighted by atomic mass is 32.1. The lowest BCUT2D eigenvalue weighted by atomic mass is 10.0. The Balaban J connectivity index is 1.53. The fourth-order valence-electron chi connectivity index (χ4n) is 3.69. The normalized spacial score (nSPS) is 16.4. The average Bonchev–Trinajstić information content (AvgIpc) is 3.21. The maximum Gasteiger partial charge on any atom is 0.273 e. The van der Waals surface area contributed by atoms with Crippen molar-refractivity contribution < 1.29 is 14.3 Å². The Morgan fingerprint density at radius 1 is 1.32 bits per heavy atom. The van der Waals surface area contributed by atoms with E-state index in [1.54, 1.807) is 25.3 Å². The van der Waals surface area contributed by atoms with Crippen LogP contribution >= 0.6 is 11.3 Å². The lowest BCUT2D eigenvalue weighted by molar-refractivity contribution is -0.116. The van der Waals surface area contributed by atoms with Crippen molar-refractivity contribution in [2.75, 3.05) is 37.5 Å². The summed E-state index contributed by atoms with van der Waals surface area (Å²) in [4.78, 5) is 36.6. The first-order chi connectivity index (χ1) is 15.0. The Bertz CT molecular complexity index is 1160. The maximum absolute atomic E-state index is 12.9. The molecule has 31 heavy (non-hydrogen) atoms. The molecule has 2 aromatic heterocycles. The van der Waals surface area contributed by atoms with E-state index in [-0.39, 0.29) is 18.0 Å². The van der Waals surface area contributed by atoms with E-state index in [0.29, 0.717) is 33.5 Å². The molecule has 1 atom stereocenters. The van der Waals surface area contributed by atoms with E-state index in [4.69, 9.17) is 9.47 Å². The summed E-state index contributed by atoms with van der Waals surface area (Å²) in [7, 11) is 3.07. The largest absolute Gasteiger partial charge is 0.497 e. The number of nitrogens with zero attached hydrogens (tertiary/aromatic N) is 4. The average molecular weight is 444 g/mol. The minimum absolute atomic E-state index is 0.162. The van der Waals surface area contributed by atoms with Crippen LogP contribution in [0.3, 0.4) is 0 Å². The summed E-state index contributed by atoms with van der Waals surface area (Å²) in [5.74, 6) is 1.33. The fraction of sp³-hybridized carbons (Fsp3) is 0.429. The van der Waals surface area contributed by atoms with Crippen LogP contribution in [0.5, 0.6) is 11.5 Å². The van der Waals surface area contributed by atoms with Gasteiger partial charge in [-0.2, -0.15) is 4.98 Å². The van der Waals surface area contributed by atoms with Crippen molar-refractivity contribution in [3.05, 3.63) is 34.9 Å². The van der Waals surface area contributed by atoms with Gasteiger partial charge in [-0.15, -0.1) is 0 Å². The van der Waals surface area contributed by atoms with Crippen LogP contribution in [0.2, 0.25) is 0 Å². The highest BCUT2D eigenvalue weighted by molar-refractivity contribution is 7.22. The van der Waals surface area contributed by atoms with Crippen molar-refractivity contribution >= 4 is 38.4 Å². The highest BCUT2D eigenvalue weighted by Gasteiger charge is 2.21. The number of nitrogens with one attached hydrogen (secondary N) is 1. The molecule has 1 unspecified atom stereocenters. The van der Waals surface area contributed by atoms with Gasteiger partial charge < -0.3 is 19.7 Å². The molecule has 0 spiro atoms. The molecule has 0 saturated carbocycles. The molecule has 3 heterocycles.